The fourth-order valence-electron chi connectivity index (χ4n) is 0.540. The van der Waals surface area contributed by atoms with Gasteiger partial charge in [0, 0.05) is 0 Å². The van der Waals surface area contributed by atoms with Gasteiger partial charge >= 0.3 is 6.21 Å². The van der Waals surface area contributed by atoms with E-state index < -0.39 is 6.04 Å². The lowest BCUT2D eigenvalue weighted by Gasteiger charge is -2.01. The minimum absolute atomic E-state index is 0.332. The number of carbonyl (C=O) groups excluding carboxylic acids is 1. The maximum atomic E-state index is 10.8. The average molecular weight is 173 g/mol. The first-order valence-corrected chi connectivity index (χ1v) is 4.57. The molecule has 2 N–H and O–H groups in total. The molecule has 0 aliphatic carbocycles. The lowest BCUT2D eigenvalue weighted by molar-refractivity contribution is -0.117. The number of carbonyl (C=O) groups is 1. The fraction of sp³-hybridized carbons (Fsp3) is 0.667. The zero-order chi connectivity index (χ0) is 8.69. The van der Waals surface area contributed by atoms with Gasteiger partial charge in [-0.1, -0.05) is 0 Å². The van der Waals surface area contributed by atoms with E-state index in [9.17, 15) is 4.79 Å². The van der Waals surface area contributed by atoms with E-state index in [1.54, 1.807) is 11.8 Å². The van der Waals surface area contributed by atoms with Crippen LogP contribution in [0, 0.1) is 0 Å². The zero-order valence-corrected chi connectivity index (χ0v) is 7.17. The summed E-state index contributed by atoms with van der Waals surface area (Å²) in [5, 5.41) is 0. The minimum atomic E-state index is -0.529. The predicted molar refractivity (Wildman–Crippen MR) is 45.7 cm³/mol. The lowest BCUT2D eigenvalue weighted by Crippen LogP contribution is -2.32. The molecule has 0 aliphatic rings. The second-order valence-corrected chi connectivity index (χ2v) is 3.02. The molecule has 0 fully saturated rings. The summed E-state index contributed by atoms with van der Waals surface area (Å²) in [6.07, 6.45) is 3.40. The van der Waals surface area contributed by atoms with Crippen LogP contribution < -0.4 is 5.73 Å². The number of ketones is 1. The average Bonchev–Trinajstić information content (AvgIpc) is 2.00. The quantitative estimate of drug-likeness (QED) is 0.359. The van der Waals surface area contributed by atoms with E-state index in [1.807, 2.05) is 6.26 Å². The van der Waals surface area contributed by atoms with Gasteiger partial charge in [0.05, 0.1) is 6.04 Å². The van der Waals surface area contributed by atoms with E-state index >= 15 is 0 Å². The van der Waals surface area contributed by atoms with Crippen LogP contribution in [0.25, 0.3) is 5.53 Å². The Morgan fingerprint density at radius 2 is 2.55 bits per heavy atom. The van der Waals surface area contributed by atoms with Crippen molar-refractivity contribution in [3.05, 3.63) is 5.53 Å². The Hall–Kier alpha value is -0.640. The smallest absolute Gasteiger partial charge is 0.324 e. The van der Waals surface area contributed by atoms with Crippen LogP contribution in [0.1, 0.15) is 6.42 Å². The van der Waals surface area contributed by atoms with Crippen molar-refractivity contribution in [3.63, 3.8) is 0 Å². The Balaban J connectivity index is 3.73. The highest BCUT2D eigenvalue weighted by Crippen LogP contribution is 1.98. The van der Waals surface area contributed by atoms with Gasteiger partial charge in [-0.2, -0.15) is 16.6 Å². The molecule has 0 aromatic rings. The molecule has 0 bridgehead atoms. The maximum absolute atomic E-state index is 10.8. The second-order valence-electron chi connectivity index (χ2n) is 2.03. The van der Waals surface area contributed by atoms with Gasteiger partial charge in [0.15, 0.2) is 0 Å². The van der Waals surface area contributed by atoms with Crippen LogP contribution in [-0.2, 0) is 4.79 Å². The molecule has 0 heterocycles. The highest BCUT2D eigenvalue weighted by atomic mass is 32.2. The largest absolute Gasteiger partial charge is 0.361 e. The van der Waals surface area contributed by atoms with Crippen LogP contribution in [0.5, 0.6) is 0 Å². The van der Waals surface area contributed by atoms with Gasteiger partial charge in [0.25, 0.3) is 5.78 Å². The number of Topliss-reactive ketones (excluding diaryl/α,β-unsaturated/α-hetero) is 1. The standard InChI is InChI=1S/C6H11N3OS/c1-11-3-2-5(7)6(10)4-9-8/h4-5H,2-3,7H2,1H3/t5-/m0/s1. The van der Waals surface area contributed by atoms with Crippen molar-refractivity contribution in [1.29, 1.82) is 0 Å². The van der Waals surface area contributed by atoms with Gasteiger partial charge in [-0.05, 0) is 18.4 Å². The van der Waals surface area contributed by atoms with Crippen molar-refractivity contribution < 1.29 is 9.58 Å². The first kappa shape index (κ1) is 10.4. The van der Waals surface area contributed by atoms with Crippen LogP contribution in [0.3, 0.4) is 0 Å². The third kappa shape index (κ3) is 4.72. The van der Waals surface area contributed by atoms with Crippen LogP contribution in [0.15, 0.2) is 0 Å². The van der Waals surface area contributed by atoms with E-state index in [1.165, 1.54) is 0 Å². The SMILES string of the molecule is CSCC[C@H](N)C(=O)C=[N+]=[N-]. The Kier molecular flexibility index (Phi) is 5.74. The summed E-state index contributed by atoms with van der Waals surface area (Å²) in [5.41, 5.74) is 13.4. The molecule has 0 amide bonds. The molecule has 0 unspecified atom stereocenters. The molecule has 0 saturated heterocycles. The topological polar surface area (TPSA) is 79.5 Å². The third-order valence-electron chi connectivity index (χ3n) is 1.18. The molecule has 0 rings (SSSR count). The summed E-state index contributed by atoms with van der Waals surface area (Å²) in [6.45, 7) is 0. The first-order chi connectivity index (χ1) is 5.22. The summed E-state index contributed by atoms with van der Waals surface area (Å²) < 4.78 is 0. The van der Waals surface area contributed by atoms with Crippen LogP contribution in [-0.4, -0.2) is 34.8 Å². The van der Waals surface area contributed by atoms with Crippen LogP contribution in [0.2, 0.25) is 0 Å². The summed E-state index contributed by atoms with van der Waals surface area (Å²) in [5.74, 6) is 0.508. The van der Waals surface area contributed by atoms with Gasteiger partial charge in [-0.15, -0.1) is 0 Å². The van der Waals surface area contributed by atoms with Crippen molar-refractivity contribution in [2.75, 3.05) is 12.0 Å². The predicted octanol–water partition coefficient (Wildman–Crippen LogP) is -0.0635. The van der Waals surface area contributed by atoms with Crippen molar-refractivity contribution >= 4 is 23.8 Å². The van der Waals surface area contributed by atoms with Crippen molar-refractivity contribution in [2.45, 2.75) is 12.5 Å². The van der Waals surface area contributed by atoms with Crippen molar-refractivity contribution in [3.8, 4) is 0 Å². The summed E-state index contributed by atoms with van der Waals surface area (Å²) >= 11 is 1.63. The molecular formula is C6H11N3OS. The fourth-order valence-corrected chi connectivity index (χ4v) is 1.03. The van der Waals surface area contributed by atoms with Crippen molar-refractivity contribution in [2.24, 2.45) is 5.73 Å². The van der Waals surface area contributed by atoms with Gasteiger partial charge in [-0.3, -0.25) is 4.79 Å². The van der Waals surface area contributed by atoms with Crippen molar-refractivity contribution in [1.82, 2.24) is 0 Å². The molecule has 0 radical (unpaired) electrons. The van der Waals surface area contributed by atoms with Gasteiger partial charge in [-0.25, -0.2) is 0 Å². The van der Waals surface area contributed by atoms with E-state index in [0.717, 1.165) is 12.0 Å². The molecule has 1 atom stereocenters. The molecule has 0 aromatic carbocycles. The summed E-state index contributed by atoms with van der Waals surface area (Å²) in [4.78, 5) is 13.4. The monoisotopic (exact) mass is 173 g/mol. The molecule has 0 saturated carbocycles. The molecule has 0 aromatic heterocycles. The number of thioether (sulfide) groups is 1. The van der Waals surface area contributed by atoms with Gasteiger partial charge in [0.2, 0.25) is 0 Å². The molecule has 0 aliphatic heterocycles. The maximum Gasteiger partial charge on any atom is 0.324 e. The Bertz CT molecular complexity index is 177. The zero-order valence-electron chi connectivity index (χ0n) is 6.36. The number of nitrogens with zero attached hydrogens (tertiary/aromatic N) is 2. The number of hydrogen-bond acceptors (Lipinski definition) is 3. The molecule has 0 spiro atoms. The van der Waals surface area contributed by atoms with Crippen LogP contribution >= 0.6 is 11.8 Å². The number of nitrogens with two attached hydrogens (primary N) is 1. The summed E-state index contributed by atoms with van der Waals surface area (Å²) in [7, 11) is 0. The van der Waals surface area contributed by atoms with Gasteiger partial charge in [0.1, 0.15) is 0 Å². The molecule has 11 heavy (non-hydrogen) atoms. The van der Waals surface area contributed by atoms with E-state index in [4.69, 9.17) is 11.3 Å². The van der Waals surface area contributed by atoms with E-state index in [0.29, 0.717) is 6.42 Å². The normalized spacial score (nSPS) is 11.8. The highest BCUT2D eigenvalue weighted by Gasteiger charge is 2.13. The molecule has 4 nitrogen and oxygen atoms in total. The first-order valence-electron chi connectivity index (χ1n) is 3.18. The Morgan fingerprint density at radius 1 is 1.91 bits per heavy atom. The lowest BCUT2D eigenvalue weighted by atomic mass is 10.2. The van der Waals surface area contributed by atoms with E-state index in [2.05, 4.69) is 4.79 Å². The number of rotatable bonds is 5. The number of hydrogen-bond donors (Lipinski definition) is 1. The van der Waals surface area contributed by atoms with E-state index in [-0.39, 0.29) is 5.78 Å². The Morgan fingerprint density at radius 3 is 3.00 bits per heavy atom. The third-order valence-corrected chi connectivity index (χ3v) is 1.83. The molecular weight excluding hydrogens is 162 g/mol. The summed E-state index contributed by atoms with van der Waals surface area (Å²) in [6, 6.07) is -0.529. The Labute approximate surface area is 69.8 Å². The minimum Gasteiger partial charge on any atom is -0.361 e. The van der Waals surface area contributed by atoms with Crippen LogP contribution in [0.4, 0.5) is 0 Å². The molecule has 62 valence electrons. The van der Waals surface area contributed by atoms with Gasteiger partial charge < -0.3 is 11.3 Å². The highest BCUT2D eigenvalue weighted by molar-refractivity contribution is 7.98. The molecule has 5 heteroatoms. The second kappa shape index (κ2) is 6.09.